The number of amides is 3. The number of hydrogen-bond donors (Lipinski definition) is 7. The summed E-state index contributed by atoms with van der Waals surface area (Å²) in [6, 6.07) is 13.0. The molecule has 12 heteroatoms. The Morgan fingerprint density at radius 1 is 0.825 bits per heavy atom. The van der Waals surface area contributed by atoms with Crippen LogP contribution in [0, 0.1) is 0 Å². The fourth-order valence-corrected chi connectivity index (χ4v) is 4.04. The van der Waals surface area contributed by atoms with E-state index in [0.717, 1.165) is 5.56 Å². The van der Waals surface area contributed by atoms with Crippen LogP contribution in [-0.2, 0) is 38.4 Å². The average molecular weight is 551 g/mol. The molecule has 0 bridgehead atoms. The number of aliphatic hydroxyl groups is 1. The molecule has 40 heavy (non-hydrogen) atoms. The second-order valence-electron chi connectivity index (χ2n) is 9.45. The van der Waals surface area contributed by atoms with Crippen LogP contribution in [0.4, 0.5) is 0 Å². The number of aromatic nitrogens is 2. The molecule has 8 N–H and O–H groups in total. The van der Waals surface area contributed by atoms with Crippen LogP contribution < -0.4 is 21.7 Å². The van der Waals surface area contributed by atoms with E-state index in [-0.39, 0.29) is 19.3 Å². The molecule has 0 saturated carbocycles. The number of aliphatic carboxylic acids is 1. The quantitative estimate of drug-likeness (QED) is 0.142. The molecule has 0 fully saturated rings. The first-order chi connectivity index (χ1) is 19.1. The highest BCUT2D eigenvalue weighted by molar-refractivity contribution is 5.94. The molecule has 0 aliphatic carbocycles. The van der Waals surface area contributed by atoms with E-state index in [9.17, 15) is 29.4 Å². The zero-order valence-corrected chi connectivity index (χ0v) is 22.0. The lowest BCUT2D eigenvalue weighted by atomic mass is 10.0. The molecule has 12 nitrogen and oxygen atoms in total. The third-order valence-electron chi connectivity index (χ3n) is 6.21. The summed E-state index contributed by atoms with van der Waals surface area (Å²) in [7, 11) is 0. The zero-order chi connectivity index (χ0) is 29.1. The van der Waals surface area contributed by atoms with E-state index in [1.807, 2.05) is 6.07 Å². The van der Waals surface area contributed by atoms with Crippen molar-refractivity contribution in [1.82, 2.24) is 25.9 Å². The number of carboxylic acids is 1. The number of rotatable bonds is 14. The van der Waals surface area contributed by atoms with Gasteiger partial charge >= 0.3 is 5.97 Å². The van der Waals surface area contributed by atoms with Crippen molar-refractivity contribution in [1.29, 1.82) is 0 Å². The van der Waals surface area contributed by atoms with Gasteiger partial charge in [-0.05, 0) is 18.1 Å². The highest BCUT2D eigenvalue weighted by Crippen LogP contribution is 2.08. The first kappa shape index (κ1) is 30.0. The maximum atomic E-state index is 13.6. The second-order valence-corrected chi connectivity index (χ2v) is 9.45. The lowest BCUT2D eigenvalue weighted by Gasteiger charge is -2.26. The summed E-state index contributed by atoms with van der Waals surface area (Å²) in [5, 5.41) is 26.9. The maximum Gasteiger partial charge on any atom is 0.328 e. The third kappa shape index (κ3) is 9.03. The Balaban J connectivity index is 1.81. The van der Waals surface area contributed by atoms with Gasteiger partial charge in [-0.2, -0.15) is 0 Å². The number of carbonyl (C=O) groups excluding carboxylic acids is 3. The second kappa shape index (κ2) is 14.6. The fraction of sp³-hybridized carbons (Fsp3) is 0.321. The molecule has 3 rings (SSSR count). The Bertz CT molecular complexity index is 1250. The summed E-state index contributed by atoms with van der Waals surface area (Å²) in [4.78, 5) is 58.0. The SMILES string of the molecule is CC(O)C(NC(=O)C(Cc1ccccc1)NC(=O)C(Cc1ccccc1)NC(=O)C(N)Cc1cnc[nH]1)C(=O)O. The first-order valence-corrected chi connectivity index (χ1v) is 12.8. The lowest BCUT2D eigenvalue weighted by molar-refractivity contribution is -0.145. The molecular formula is C28H34N6O6. The molecule has 1 heterocycles. The minimum Gasteiger partial charge on any atom is -0.480 e. The number of nitrogens with two attached hydrogens (primary N) is 1. The van der Waals surface area contributed by atoms with Crippen molar-refractivity contribution >= 4 is 23.7 Å². The van der Waals surface area contributed by atoms with Gasteiger partial charge in [-0.1, -0.05) is 60.7 Å². The first-order valence-electron chi connectivity index (χ1n) is 12.8. The number of carboxylic acid groups (broad SMARTS) is 1. The van der Waals surface area contributed by atoms with Crippen LogP contribution in [0.1, 0.15) is 23.7 Å². The predicted octanol–water partition coefficient (Wildman–Crippen LogP) is -0.315. The van der Waals surface area contributed by atoms with Crippen LogP contribution >= 0.6 is 0 Å². The summed E-state index contributed by atoms with van der Waals surface area (Å²) in [5.41, 5.74) is 8.19. The van der Waals surface area contributed by atoms with Crippen molar-refractivity contribution in [2.75, 3.05) is 0 Å². The number of aromatic amines is 1. The third-order valence-corrected chi connectivity index (χ3v) is 6.21. The summed E-state index contributed by atoms with van der Waals surface area (Å²) in [6.07, 6.45) is 1.95. The van der Waals surface area contributed by atoms with Gasteiger partial charge in [0.25, 0.3) is 0 Å². The molecule has 1 aromatic heterocycles. The Morgan fingerprint density at radius 3 is 1.77 bits per heavy atom. The van der Waals surface area contributed by atoms with E-state index in [0.29, 0.717) is 11.3 Å². The van der Waals surface area contributed by atoms with E-state index < -0.39 is 54.0 Å². The van der Waals surface area contributed by atoms with Crippen LogP contribution in [-0.4, -0.2) is 74.1 Å². The van der Waals surface area contributed by atoms with E-state index in [2.05, 4.69) is 25.9 Å². The van der Waals surface area contributed by atoms with Crippen molar-refractivity contribution in [2.45, 2.75) is 56.5 Å². The standard InChI is InChI=1S/C28H34N6O6/c1-17(35)24(28(39)40)34-27(38)23(13-19-10-6-3-7-11-19)33-26(37)22(12-18-8-4-2-5-9-18)32-25(36)21(29)14-20-15-30-16-31-20/h2-11,15-17,21-24,35H,12-14,29H2,1H3,(H,30,31)(H,32,36)(H,33,37)(H,34,38)(H,39,40). The van der Waals surface area contributed by atoms with E-state index >= 15 is 0 Å². The van der Waals surface area contributed by atoms with Gasteiger partial charge in [0.1, 0.15) is 12.1 Å². The van der Waals surface area contributed by atoms with Crippen molar-refractivity contribution < 1.29 is 29.4 Å². The molecule has 0 aliphatic heterocycles. The van der Waals surface area contributed by atoms with Gasteiger partial charge in [-0.25, -0.2) is 9.78 Å². The Kier molecular flexibility index (Phi) is 10.9. The number of nitrogens with zero attached hydrogens (tertiary/aromatic N) is 1. The molecule has 5 unspecified atom stereocenters. The normalized spacial score (nSPS) is 14.7. The monoisotopic (exact) mass is 550 g/mol. The van der Waals surface area contributed by atoms with Gasteiger partial charge < -0.3 is 36.9 Å². The summed E-state index contributed by atoms with van der Waals surface area (Å²) in [5.74, 6) is -3.46. The summed E-state index contributed by atoms with van der Waals surface area (Å²) < 4.78 is 0. The van der Waals surface area contributed by atoms with Crippen molar-refractivity contribution in [2.24, 2.45) is 5.73 Å². The highest BCUT2D eigenvalue weighted by Gasteiger charge is 2.32. The molecule has 2 aromatic carbocycles. The van der Waals surface area contributed by atoms with Crippen LogP contribution in [0.2, 0.25) is 0 Å². The van der Waals surface area contributed by atoms with E-state index in [1.54, 1.807) is 60.8 Å². The topological polar surface area (TPSA) is 200 Å². The van der Waals surface area contributed by atoms with Gasteiger partial charge in [0.2, 0.25) is 17.7 Å². The van der Waals surface area contributed by atoms with Crippen molar-refractivity contribution in [3.63, 3.8) is 0 Å². The highest BCUT2D eigenvalue weighted by atomic mass is 16.4. The Hall–Kier alpha value is -4.55. The van der Waals surface area contributed by atoms with E-state index in [1.165, 1.54) is 13.3 Å². The molecule has 0 saturated heterocycles. The van der Waals surface area contributed by atoms with Crippen LogP contribution in [0.5, 0.6) is 0 Å². The minimum absolute atomic E-state index is 0.0376. The van der Waals surface area contributed by atoms with Crippen molar-refractivity contribution in [3.05, 3.63) is 90.0 Å². The summed E-state index contributed by atoms with van der Waals surface area (Å²) in [6.45, 7) is 1.24. The van der Waals surface area contributed by atoms with Gasteiger partial charge in [0.15, 0.2) is 6.04 Å². The smallest absolute Gasteiger partial charge is 0.328 e. The number of carbonyl (C=O) groups is 4. The molecular weight excluding hydrogens is 516 g/mol. The lowest BCUT2D eigenvalue weighted by Crippen LogP contribution is -2.59. The number of hydrogen-bond acceptors (Lipinski definition) is 7. The largest absolute Gasteiger partial charge is 0.480 e. The predicted molar refractivity (Wildman–Crippen MR) is 146 cm³/mol. The molecule has 0 aliphatic rings. The molecule has 212 valence electrons. The number of aliphatic hydroxyl groups excluding tert-OH is 1. The molecule has 3 aromatic rings. The number of nitrogens with one attached hydrogen (secondary N) is 4. The fourth-order valence-electron chi connectivity index (χ4n) is 4.04. The molecule has 0 radical (unpaired) electrons. The van der Waals surface area contributed by atoms with Gasteiger partial charge in [0, 0.05) is 31.2 Å². The Labute approximate surface area is 231 Å². The van der Waals surface area contributed by atoms with Gasteiger partial charge in [-0.3, -0.25) is 14.4 Å². The van der Waals surface area contributed by atoms with E-state index in [4.69, 9.17) is 5.73 Å². The number of imidazole rings is 1. The molecule has 0 spiro atoms. The molecule has 3 amide bonds. The summed E-state index contributed by atoms with van der Waals surface area (Å²) >= 11 is 0. The average Bonchev–Trinajstić information content (AvgIpc) is 3.44. The number of benzene rings is 2. The van der Waals surface area contributed by atoms with Gasteiger partial charge in [0.05, 0.1) is 18.5 Å². The van der Waals surface area contributed by atoms with Crippen LogP contribution in [0.3, 0.4) is 0 Å². The van der Waals surface area contributed by atoms with Crippen LogP contribution in [0.15, 0.2) is 73.2 Å². The zero-order valence-electron chi connectivity index (χ0n) is 22.0. The minimum atomic E-state index is -1.58. The maximum absolute atomic E-state index is 13.6. The Morgan fingerprint density at radius 2 is 1.32 bits per heavy atom. The van der Waals surface area contributed by atoms with Gasteiger partial charge in [-0.15, -0.1) is 0 Å². The number of H-pyrrole nitrogens is 1. The van der Waals surface area contributed by atoms with Crippen molar-refractivity contribution in [3.8, 4) is 0 Å². The van der Waals surface area contributed by atoms with Crippen LogP contribution in [0.25, 0.3) is 0 Å². The molecule has 5 atom stereocenters.